The fourth-order valence-electron chi connectivity index (χ4n) is 2.09. The molecule has 1 unspecified atom stereocenters. The first-order chi connectivity index (χ1) is 8.80. The molecular weight excluding hydrogens is 220 g/mol. The number of hydrogen-bond donors (Lipinski definition) is 2. The summed E-state index contributed by atoms with van der Waals surface area (Å²) >= 11 is 0. The first kappa shape index (κ1) is 15.2. The van der Waals surface area contributed by atoms with E-state index in [2.05, 4.69) is 43.4 Å². The molecule has 0 radical (unpaired) electrons. The third-order valence-corrected chi connectivity index (χ3v) is 3.50. The Morgan fingerprint density at radius 1 is 1.06 bits per heavy atom. The summed E-state index contributed by atoms with van der Waals surface area (Å²) in [5.41, 5.74) is 8.55. The first-order valence-corrected chi connectivity index (χ1v) is 7.28. The van der Waals surface area contributed by atoms with Crippen LogP contribution in [0.5, 0.6) is 0 Å². The molecule has 0 saturated carbocycles. The molecule has 0 aliphatic carbocycles. The molecule has 0 fully saturated rings. The average Bonchev–Trinajstić information content (AvgIpc) is 2.41. The van der Waals surface area contributed by atoms with E-state index < -0.39 is 0 Å². The summed E-state index contributed by atoms with van der Waals surface area (Å²) < 4.78 is 0. The van der Waals surface area contributed by atoms with E-state index in [1.807, 2.05) is 0 Å². The van der Waals surface area contributed by atoms with E-state index in [-0.39, 0.29) is 0 Å². The summed E-state index contributed by atoms with van der Waals surface area (Å²) in [5, 5.41) is 3.50. The van der Waals surface area contributed by atoms with E-state index in [4.69, 9.17) is 5.73 Å². The first-order valence-electron chi connectivity index (χ1n) is 7.28. The Labute approximate surface area is 112 Å². The van der Waals surface area contributed by atoms with Gasteiger partial charge in [0.25, 0.3) is 0 Å². The summed E-state index contributed by atoms with van der Waals surface area (Å²) in [6, 6.07) is 9.03. The van der Waals surface area contributed by atoms with Crippen LogP contribution in [0.2, 0.25) is 0 Å². The van der Waals surface area contributed by atoms with Crippen LogP contribution < -0.4 is 11.1 Å². The van der Waals surface area contributed by atoms with Crippen molar-refractivity contribution >= 4 is 0 Å². The van der Waals surface area contributed by atoms with Crippen LogP contribution >= 0.6 is 0 Å². The molecule has 0 aromatic heterocycles. The molecule has 2 heteroatoms. The number of benzene rings is 1. The van der Waals surface area contributed by atoms with Crippen molar-refractivity contribution in [2.75, 3.05) is 19.6 Å². The SMILES string of the molecule is CCCc1ccc(CCNCC(CC)CN)cc1. The topological polar surface area (TPSA) is 38.0 Å². The predicted molar refractivity (Wildman–Crippen MR) is 79.8 cm³/mol. The van der Waals surface area contributed by atoms with Crippen molar-refractivity contribution < 1.29 is 0 Å². The van der Waals surface area contributed by atoms with Crippen molar-refractivity contribution in [1.29, 1.82) is 0 Å². The van der Waals surface area contributed by atoms with E-state index in [9.17, 15) is 0 Å². The lowest BCUT2D eigenvalue weighted by Crippen LogP contribution is -2.29. The van der Waals surface area contributed by atoms with Gasteiger partial charge in [-0.1, -0.05) is 51.0 Å². The van der Waals surface area contributed by atoms with Gasteiger partial charge in [0.05, 0.1) is 0 Å². The standard InChI is InChI=1S/C16H28N2/c1-3-5-15-6-8-16(9-7-15)10-11-18-13-14(4-2)12-17/h6-9,14,18H,3-5,10-13,17H2,1-2H3. The summed E-state index contributed by atoms with van der Waals surface area (Å²) in [5.74, 6) is 0.622. The zero-order valence-electron chi connectivity index (χ0n) is 11.9. The van der Waals surface area contributed by atoms with Crippen LogP contribution in [0.1, 0.15) is 37.8 Å². The molecule has 0 amide bonds. The molecular formula is C16H28N2. The van der Waals surface area contributed by atoms with Crippen LogP contribution in [0.4, 0.5) is 0 Å². The van der Waals surface area contributed by atoms with Gasteiger partial charge >= 0.3 is 0 Å². The third kappa shape index (κ3) is 5.65. The fraction of sp³-hybridized carbons (Fsp3) is 0.625. The molecule has 1 atom stereocenters. The van der Waals surface area contributed by atoms with Crippen molar-refractivity contribution in [2.45, 2.75) is 39.5 Å². The molecule has 1 rings (SSSR count). The average molecular weight is 248 g/mol. The van der Waals surface area contributed by atoms with Gasteiger partial charge in [0.15, 0.2) is 0 Å². The second kappa shape index (κ2) is 9.12. The normalized spacial score (nSPS) is 12.6. The van der Waals surface area contributed by atoms with Crippen molar-refractivity contribution in [2.24, 2.45) is 11.7 Å². The lowest BCUT2D eigenvalue weighted by molar-refractivity contribution is 0.474. The molecule has 1 aromatic carbocycles. The molecule has 0 bridgehead atoms. The smallest absolute Gasteiger partial charge is 0.000823 e. The van der Waals surface area contributed by atoms with Crippen LogP contribution in [0.25, 0.3) is 0 Å². The minimum atomic E-state index is 0.622. The molecule has 0 aliphatic rings. The second-order valence-corrected chi connectivity index (χ2v) is 5.03. The molecule has 0 aliphatic heterocycles. The van der Waals surface area contributed by atoms with Crippen LogP contribution in [0.3, 0.4) is 0 Å². The molecule has 1 aromatic rings. The monoisotopic (exact) mass is 248 g/mol. The van der Waals surface area contributed by atoms with E-state index in [0.717, 1.165) is 32.5 Å². The van der Waals surface area contributed by atoms with E-state index in [0.29, 0.717) is 5.92 Å². The predicted octanol–water partition coefficient (Wildman–Crippen LogP) is 2.76. The van der Waals surface area contributed by atoms with Crippen LogP contribution in [0, 0.1) is 5.92 Å². The zero-order valence-corrected chi connectivity index (χ0v) is 11.9. The lowest BCUT2D eigenvalue weighted by Gasteiger charge is -2.13. The highest BCUT2D eigenvalue weighted by molar-refractivity contribution is 5.22. The quantitative estimate of drug-likeness (QED) is 0.660. The molecule has 102 valence electrons. The van der Waals surface area contributed by atoms with Crippen LogP contribution in [-0.4, -0.2) is 19.6 Å². The van der Waals surface area contributed by atoms with E-state index in [1.165, 1.54) is 24.0 Å². The maximum Gasteiger partial charge on any atom is -0.000823 e. The maximum absolute atomic E-state index is 5.68. The van der Waals surface area contributed by atoms with Gasteiger partial charge in [-0.3, -0.25) is 0 Å². The van der Waals surface area contributed by atoms with Gasteiger partial charge in [0.2, 0.25) is 0 Å². The molecule has 0 spiro atoms. The summed E-state index contributed by atoms with van der Waals surface area (Å²) in [4.78, 5) is 0. The maximum atomic E-state index is 5.68. The highest BCUT2D eigenvalue weighted by atomic mass is 14.9. The number of nitrogens with two attached hydrogens (primary N) is 1. The van der Waals surface area contributed by atoms with Gasteiger partial charge in [0, 0.05) is 0 Å². The molecule has 3 N–H and O–H groups in total. The van der Waals surface area contributed by atoms with Crippen molar-refractivity contribution in [3.8, 4) is 0 Å². The minimum absolute atomic E-state index is 0.622. The highest BCUT2D eigenvalue weighted by Gasteiger charge is 2.02. The fourth-order valence-corrected chi connectivity index (χ4v) is 2.09. The Balaban J connectivity index is 2.22. The summed E-state index contributed by atoms with van der Waals surface area (Å²) in [7, 11) is 0. The van der Waals surface area contributed by atoms with E-state index in [1.54, 1.807) is 0 Å². The highest BCUT2D eigenvalue weighted by Crippen LogP contribution is 2.07. The van der Waals surface area contributed by atoms with Gasteiger partial charge in [-0.2, -0.15) is 0 Å². The largest absolute Gasteiger partial charge is 0.330 e. The Bertz CT molecular complexity index is 301. The van der Waals surface area contributed by atoms with Gasteiger partial charge in [-0.25, -0.2) is 0 Å². The number of nitrogens with one attached hydrogen (secondary N) is 1. The molecule has 18 heavy (non-hydrogen) atoms. The number of aryl methyl sites for hydroxylation is 1. The Kier molecular flexibility index (Phi) is 7.70. The second-order valence-electron chi connectivity index (χ2n) is 5.03. The summed E-state index contributed by atoms with van der Waals surface area (Å²) in [6.07, 6.45) is 4.67. The van der Waals surface area contributed by atoms with Gasteiger partial charge < -0.3 is 11.1 Å². The Hall–Kier alpha value is -0.860. The van der Waals surface area contributed by atoms with E-state index >= 15 is 0 Å². The minimum Gasteiger partial charge on any atom is -0.330 e. The van der Waals surface area contributed by atoms with Gasteiger partial charge in [-0.05, 0) is 49.5 Å². The lowest BCUT2D eigenvalue weighted by atomic mass is 10.1. The third-order valence-electron chi connectivity index (χ3n) is 3.50. The number of hydrogen-bond acceptors (Lipinski definition) is 2. The van der Waals surface area contributed by atoms with Crippen molar-refractivity contribution in [1.82, 2.24) is 5.32 Å². The molecule has 0 heterocycles. The Morgan fingerprint density at radius 3 is 2.17 bits per heavy atom. The van der Waals surface area contributed by atoms with Crippen molar-refractivity contribution in [3.63, 3.8) is 0 Å². The Morgan fingerprint density at radius 2 is 1.67 bits per heavy atom. The van der Waals surface area contributed by atoms with Gasteiger partial charge in [-0.15, -0.1) is 0 Å². The molecule has 0 saturated heterocycles. The zero-order chi connectivity index (χ0) is 13.2. The number of rotatable bonds is 9. The van der Waals surface area contributed by atoms with Crippen molar-refractivity contribution in [3.05, 3.63) is 35.4 Å². The van der Waals surface area contributed by atoms with Gasteiger partial charge in [0.1, 0.15) is 0 Å². The van der Waals surface area contributed by atoms with Crippen LogP contribution in [-0.2, 0) is 12.8 Å². The van der Waals surface area contributed by atoms with Crippen LogP contribution in [0.15, 0.2) is 24.3 Å². The summed E-state index contributed by atoms with van der Waals surface area (Å²) in [6.45, 7) is 7.30. The molecule has 2 nitrogen and oxygen atoms in total.